The topological polar surface area (TPSA) is 52.6 Å². The molecule has 0 N–H and O–H groups in total. The maximum absolute atomic E-state index is 13.7. The van der Waals surface area contributed by atoms with Crippen LogP contribution in [0.25, 0.3) is 0 Å². The molecule has 0 aromatic heterocycles. The van der Waals surface area contributed by atoms with E-state index < -0.39 is 7.37 Å². The number of benzene rings is 1. The zero-order valence-corrected chi connectivity index (χ0v) is 15.7. The lowest BCUT2D eigenvalue weighted by atomic mass is 10.1. The highest BCUT2D eigenvalue weighted by Crippen LogP contribution is 2.53. The van der Waals surface area contributed by atoms with Crippen LogP contribution in [0.3, 0.4) is 0 Å². The molecule has 0 aliphatic rings. The molecule has 0 amide bonds. The van der Waals surface area contributed by atoms with Crippen molar-refractivity contribution in [3.05, 3.63) is 30.3 Å². The first-order valence-electron chi connectivity index (χ1n) is 8.20. The minimum atomic E-state index is -3.13. The van der Waals surface area contributed by atoms with Crippen LogP contribution in [-0.2, 0) is 18.6 Å². The number of hydrogen-bond donors (Lipinski definition) is 0. The third-order valence-electron chi connectivity index (χ3n) is 3.76. The van der Waals surface area contributed by atoms with Crippen LogP contribution >= 0.6 is 7.37 Å². The fourth-order valence-electron chi connectivity index (χ4n) is 2.31. The van der Waals surface area contributed by atoms with Gasteiger partial charge in [-0.3, -0.25) is 9.36 Å². The highest BCUT2D eigenvalue weighted by molar-refractivity contribution is 7.67. The lowest BCUT2D eigenvalue weighted by Crippen LogP contribution is -2.30. The average Bonchev–Trinajstić information content (AvgIpc) is 2.47. The second-order valence-corrected chi connectivity index (χ2v) is 9.19. The van der Waals surface area contributed by atoms with Crippen molar-refractivity contribution in [1.82, 2.24) is 0 Å². The lowest BCUT2D eigenvalue weighted by Gasteiger charge is -2.30. The van der Waals surface area contributed by atoms with Crippen molar-refractivity contribution in [2.75, 3.05) is 13.2 Å². The Hall–Kier alpha value is -1.12. The predicted octanol–water partition coefficient (Wildman–Crippen LogP) is 4.24. The van der Waals surface area contributed by atoms with Crippen molar-refractivity contribution in [1.29, 1.82) is 0 Å². The largest absolute Gasteiger partial charge is 0.465 e. The minimum Gasteiger partial charge on any atom is -0.465 e. The Kier molecular flexibility index (Phi) is 8.01. The van der Waals surface area contributed by atoms with E-state index in [1.165, 1.54) is 6.92 Å². The van der Waals surface area contributed by atoms with Gasteiger partial charge in [-0.15, -0.1) is 0 Å². The highest BCUT2D eigenvalue weighted by atomic mass is 31.2. The van der Waals surface area contributed by atoms with Crippen LogP contribution in [0.5, 0.6) is 0 Å². The first kappa shape index (κ1) is 19.9. The molecule has 0 saturated heterocycles. The molecule has 0 fully saturated rings. The smallest absolute Gasteiger partial charge is 0.302 e. The van der Waals surface area contributed by atoms with Gasteiger partial charge in [-0.2, -0.15) is 0 Å². The Balaban J connectivity index is 3.09. The molecule has 0 radical (unpaired) electrons. The Morgan fingerprint density at radius 2 is 1.74 bits per heavy atom. The van der Waals surface area contributed by atoms with Gasteiger partial charge < -0.3 is 9.26 Å². The Morgan fingerprint density at radius 1 is 1.13 bits per heavy atom. The molecule has 23 heavy (non-hydrogen) atoms. The van der Waals surface area contributed by atoms with Gasteiger partial charge in [0, 0.05) is 12.2 Å². The fraction of sp³-hybridized carbons (Fsp3) is 0.611. The van der Waals surface area contributed by atoms with Gasteiger partial charge in [0.2, 0.25) is 7.37 Å². The Morgan fingerprint density at radius 3 is 2.22 bits per heavy atom. The van der Waals surface area contributed by atoms with Crippen LogP contribution in [0.2, 0.25) is 0 Å². The normalized spacial score (nSPS) is 15.4. The first-order chi connectivity index (χ1) is 10.8. The monoisotopic (exact) mass is 340 g/mol. The molecular formula is C18H29O4P. The van der Waals surface area contributed by atoms with Gasteiger partial charge in [-0.25, -0.2) is 0 Å². The molecule has 2 unspecified atom stereocenters. The summed E-state index contributed by atoms with van der Waals surface area (Å²) in [4.78, 5) is 11.2. The van der Waals surface area contributed by atoms with Crippen molar-refractivity contribution < 1.29 is 18.6 Å². The molecule has 0 heterocycles. The predicted molar refractivity (Wildman–Crippen MR) is 94.3 cm³/mol. The van der Waals surface area contributed by atoms with Crippen molar-refractivity contribution in [3.8, 4) is 0 Å². The summed E-state index contributed by atoms with van der Waals surface area (Å²) in [6, 6.07) is 9.27. The molecular weight excluding hydrogens is 311 g/mol. The molecule has 0 aliphatic carbocycles. The number of carbonyl (C=O) groups excluding carboxylic acids is 1. The van der Waals surface area contributed by atoms with Crippen molar-refractivity contribution in [2.45, 2.75) is 46.7 Å². The quantitative estimate of drug-likeness (QED) is 0.498. The van der Waals surface area contributed by atoms with Crippen LogP contribution in [-0.4, -0.2) is 24.8 Å². The van der Waals surface area contributed by atoms with E-state index in [-0.39, 0.29) is 24.2 Å². The molecule has 1 rings (SSSR count). The van der Waals surface area contributed by atoms with Gasteiger partial charge in [0.25, 0.3) is 0 Å². The van der Waals surface area contributed by atoms with E-state index in [2.05, 4.69) is 13.8 Å². The average molecular weight is 340 g/mol. The molecule has 0 spiro atoms. The fourth-order valence-corrected chi connectivity index (χ4v) is 5.05. The maximum atomic E-state index is 13.7. The summed E-state index contributed by atoms with van der Waals surface area (Å²) in [7, 11) is -3.13. The van der Waals surface area contributed by atoms with Crippen molar-refractivity contribution in [3.63, 3.8) is 0 Å². The zero-order chi connectivity index (χ0) is 17.5. The molecule has 5 heteroatoms. The molecule has 130 valence electrons. The van der Waals surface area contributed by atoms with Gasteiger partial charge in [0.05, 0.1) is 12.3 Å². The summed E-state index contributed by atoms with van der Waals surface area (Å²) in [6.45, 7) is 10.1. The molecule has 1 aromatic rings. The van der Waals surface area contributed by atoms with E-state index in [0.717, 1.165) is 6.42 Å². The van der Waals surface area contributed by atoms with E-state index in [0.29, 0.717) is 17.8 Å². The van der Waals surface area contributed by atoms with Gasteiger partial charge >= 0.3 is 5.97 Å². The second kappa shape index (κ2) is 9.24. The van der Waals surface area contributed by atoms with Gasteiger partial charge in [-0.1, -0.05) is 45.9 Å². The number of rotatable bonds is 9. The van der Waals surface area contributed by atoms with E-state index in [1.54, 1.807) is 0 Å². The molecule has 2 atom stereocenters. The summed E-state index contributed by atoms with van der Waals surface area (Å²) in [6.07, 6.45) is 0.842. The second-order valence-electron chi connectivity index (χ2n) is 6.56. The maximum Gasteiger partial charge on any atom is 0.302 e. The summed E-state index contributed by atoms with van der Waals surface area (Å²) >= 11 is 0. The number of hydrogen-bond acceptors (Lipinski definition) is 4. The first-order valence-corrected chi connectivity index (χ1v) is 9.90. The van der Waals surface area contributed by atoms with E-state index in [4.69, 9.17) is 9.26 Å². The lowest BCUT2D eigenvalue weighted by molar-refractivity contribution is -0.141. The van der Waals surface area contributed by atoms with Crippen LogP contribution in [0, 0.1) is 11.8 Å². The van der Waals surface area contributed by atoms with Crippen LogP contribution in [0.1, 0.15) is 41.0 Å². The van der Waals surface area contributed by atoms with Gasteiger partial charge in [-0.05, 0) is 30.4 Å². The van der Waals surface area contributed by atoms with Gasteiger partial charge in [0.15, 0.2) is 0 Å². The Labute approximate surface area is 140 Å². The van der Waals surface area contributed by atoms with Crippen LogP contribution < -0.4 is 5.30 Å². The highest BCUT2D eigenvalue weighted by Gasteiger charge is 2.39. The van der Waals surface area contributed by atoms with E-state index >= 15 is 0 Å². The van der Waals surface area contributed by atoms with E-state index in [1.807, 2.05) is 44.2 Å². The van der Waals surface area contributed by atoms with Gasteiger partial charge in [0.1, 0.15) is 6.61 Å². The number of carbonyl (C=O) groups is 1. The van der Waals surface area contributed by atoms with Crippen molar-refractivity contribution in [2.24, 2.45) is 11.8 Å². The third-order valence-corrected chi connectivity index (χ3v) is 6.96. The summed E-state index contributed by atoms with van der Waals surface area (Å²) in [5.41, 5.74) is -0.346. The molecule has 0 saturated carbocycles. The number of ether oxygens (including phenoxy) is 1. The molecule has 0 bridgehead atoms. The minimum absolute atomic E-state index is 0.0689. The van der Waals surface area contributed by atoms with Crippen molar-refractivity contribution >= 4 is 18.6 Å². The van der Waals surface area contributed by atoms with Crippen LogP contribution in [0.4, 0.5) is 0 Å². The van der Waals surface area contributed by atoms with E-state index in [9.17, 15) is 9.36 Å². The zero-order valence-electron chi connectivity index (χ0n) is 14.8. The molecule has 0 aliphatic heterocycles. The summed E-state index contributed by atoms with van der Waals surface area (Å²) < 4.78 is 24.9. The molecule has 4 nitrogen and oxygen atoms in total. The third kappa shape index (κ3) is 6.12. The summed E-state index contributed by atoms with van der Waals surface area (Å²) in [5.74, 6) is 0.182. The van der Waals surface area contributed by atoms with Crippen LogP contribution in [0.15, 0.2) is 30.3 Å². The SMILES string of the molecule is CC(=O)OCC(C(C)C)P(=O)(OCCC(C)C)c1ccccc1. The molecule has 1 aromatic carbocycles. The standard InChI is InChI=1S/C18H29O4P/c1-14(2)11-12-22-23(20,17-9-7-6-8-10-17)18(15(3)4)13-21-16(5)19/h6-10,14-15,18H,11-13H2,1-5H3. The summed E-state index contributed by atoms with van der Waals surface area (Å²) in [5, 5.41) is 0.689. The number of esters is 1. The Bertz CT molecular complexity index is 525.